The first-order valence-electron chi connectivity index (χ1n) is 6.16. The number of halogens is 1. The van der Waals surface area contributed by atoms with Crippen LogP contribution in [-0.4, -0.2) is 15.9 Å². The molecule has 5 heteroatoms. The van der Waals surface area contributed by atoms with E-state index in [4.69, 9.17) is 0 Å². The summed E-state index contributed by atoms with van der Waals surface area (Å²) in [5, 5.41) is 3.83. The van der Waals surface area contributed by atoms with Crippen LogP contribution in [0.25, 0.3) is 10.9 Å². The van der Waals surface area contributed by atoms with Crippen molar-refractivity contribution in [1.29, 1.82) is 0 Å². The maximum Gasteiger partial charge on any atom is 0.258 e. The Kier molecular flexibility index (Phi) is 3.28. The summed E-state index contributed by atoms with van der Waals surface area (Å²) in [5.41, 5.74) is 2.27. The molecule has 3 aromatic rings. The molecule has 0 bridgehead atoms. The van der Waals surface area contributed by atoms with Crippen molar-refractivity contribution in [2.24, 2.45) is 0 Å². The molecule has 0 aliphatic carbocycles. The Hall–Kier alpha value is -2.14. The number of hydrogen-bond donors (Lipinski definition) is 2. The molecule has 20 heavy (non-hydrogen) atoms. The molecule has 4 nitrogen and oxygen atoms in total. The monoisotopic (exact) mass is 329 g/mol. The molecule has 2 heterocycles. The number of H-pyrrole nitrogens is 1. The predicted molar refractivity (Wildman–Crippen MR) is 82.9 cm³/mol. The van der Waals surface area contributed by atoms with Gasteiger partial charge in [-0.15, -0.1) is 0 Å². The minimum atomic E-state index is -0.174. The van der Waals surface area contributed by atoms with E-state index in [0.29, 0.717) is 11.4 Å². The van der Waals surface area contributed by atoms with Crippen LogP contribution in [0.1, 0.15) is 16.1 Å². The second kappa shape index (κ2) is 5.09. The lowest BCUT2D eigenvalue weighted by molar-refractivity contribution is 0.102. The van der Waals surface area contributed by atoms with Gasteiger partial charge in [-0.1, -0.05) is 12.1 Å². The lowest BCUT2D eigenvalue weighted by atomic mass is 10.1. The van der Waals surface area contributed by atoms with Gasteiger partial charge in [0.25, 0.3) is 5.91 Å². The first-order chi connectivity index (χ1) is 9.65. The molecular formula is C15H12BrN3O. The second-order valence-electron chi connectivity index (χ2n) is 4.47. The molecule has 3 rings (SSSR count). The Morgan fingerprint density at radius 1 is 1.25 bits per heavy atom. The van der Waals surface area contributed by atoms with Gasteiger partial charge in [0.05, 0.1) is 16.8 Å². The molecule has 0 aliphatic rings. The molecule has 0 saturated carbocycles. The van der Waals surface area contributed by atoms with Crippen LogP contribution >= 0.6 is 15.9 Å². The molecule has 2 N–H and O–H groups in total. The maximum atomic E-state index is 12.3. The smallest absolute Gasteiger partial charge is 0.258 e. The van der Waals surface area contributed by atoms with Crippen LogP contribution in [0.4, 0.5) is 5.82 Å². The fourth-order valence-corrected chi connectivity index (χ4v) is 2.29. The van der Waals surface area contributed by atoms with Crippen LogP contribution in [0.5, 0.6) is 0 Å². The summed E-state index contributed by atoms with van der Waals surface area (Å²) < 4.78 is 0.918. The minimum Gasteiger partial charge on any atom is -0.361 e. The topological polar surface area (TPSA) is 57.8 Å². The molecule has 0 unspecified atom stereocenters. The van der Waals surface area contributed by atoms with E-state index in [1.807, 2.05) is 37.4 Å². The molecular weight excluding hydrogens is 318 g/mol. The molecule has 0 aliphatic heterocycles. The van der Waals surface area contributed by atoms with E-state index < -0.39 is 0 Å². The molecule has 0 fully saturated rings. The standard InChI is InChI=1S/C15H12BrN3O/c1-9-12(16)5-6-13(18-9)19-15(20)11-4-2-3-10-7-8-17-14(10)11/h2-8,17H,1H3,(H,18,19,20). The fraction of sp³-hybridized carbons (Fsp3) is 0.0667. The molecule has 0 atom stereocenters. The number of amides is 1. The van der Waals surface area contributed by atoms with Gasteiger partial charge >= 0.3 is 0 Å². The van der Waals surface area contributed by atoms with Crippen molar-refractivity contribution in [2.75, 3.05) is 5.32 Å². The van der Waals surface area contributed by atoms with E-state index in [1.165, 1.54) is 0 Å². The summed E-state index contributed by atoms with van der Waals surface area (Å²) >= 11 is 3.39. The first kappa shape index (κ1) is 12.9. The number of fused-ring (bicyclic) bond motifs is 1. The lowest BCUT2D eigenvalue weighted by Gasteiger charge is -2.07. The lowest BCUT2D eigenvalue weighted by Crippen LogP contribution is -2.13. The number of rotatable bonds is 2. The summed E-state index contributed by atoms with van der Waals surface area (Å²) in [7, 11) is 0. The van der Waals surface area contributed by atoms with Gasteiger partial charge in [-0.05, 0) is 47.1 Å². The van der Waals surface area contributed by atoms with Crippen molar-refractivity contribution >= 4 is 38.6 Å². The van der Waals surface area contributed by atoms with Crippen molar-refractivity contribution in [1.82, 2.24) is 9.97 Å². The number of nitrogens with one attached hydrogen (secondary N) is 2. The number of aromatic amines is 1. The normalized spacial score (nSPS) is 10.7. The molecule has 100 valence electrons. The van der Waals surface area contributed by atoms with Gasteiger partial charge in [0, 0.05) is 16.1 Å². The third kappa shape index (κ3) is 2.32. The number of aromatic nitrogens is 2. The maximum absolute atomic E-state index is 12.3. The number of anilines is 1. The second-order valence-corrected chi connectivity index (χ2v) is 5.32. The van der Waals surface area contributed by atoms with Crippen molar-refractivity contribution in [2.45, 2.75) is 6.92 Å². The summed E-state index contributed by atoms with van der Waals surface area (Å²) in [6.07, 6.45) is 1.82. The average Bonchev–Trinajstić information content (AvgIpc) is 2.91. The number of carbonyl (C=O) groups excluding carboxylic acids is 1. The predicted octanol–water partition coefficient (Wildman–Crippen LogP) is 3.89. The largest absolute Gasteiger partial charge is 0.361 e. The number of para-hydroxylation sites is 1. The molecule has 1 aromatic carbocycles. The Morgan fingerprint density at radius 2 is 2.10 bits per heavy atom. The van der Waals surface area contributed by atoms with Crippen LogP contribution in [0, 0.1) is 6.92 Å². The number of nitrogens with zero attached hydrogens (tertiary/aromatic N) is 1. The van der Waals surface area contributed by atoms with Crippen molar-refractivity contribution in [3.63, 3.8) is 0 Å². The van der Waals surface area contributed by atoms with Gasteiger partial charge in [-0.3, -0.25) is 4.79 Å². The summed E-state index contributed by atoms with van der Waals surface area (Å²) in [6.45, 7) is 1.88. The Labute approximate surface area is 124 Å². The summed E-state index contributed by atoms with van der Waals surface area (Å²) in [6, 6.07) is 11.2. The zero-order chi connectivity index (χ0) is 14.1. The summed E-state index contributed by atoms with van der Waals surface area (Å²) in [4.78, 5) is 19.7. The van der Waals surface area contributed by atoms with Crippen LogP contribution < -0.4 is 5.32 Å². The van der Waals surface area contributed by atoms with Crippen LogP contribution in [0.2, 0.25) is 0 Å². The molecule has 2 aromatic heterocycles. The van der Waals surface area contributed by atoms with Crippen molar-refractivity contribution in [3.05, 3.63) is 58.3 Å². The van der Waals surface area contributed by atoms with Crippen LogP contribution in [0.3, 0.4) is 0 Å². The fourth-order valence-electron chi connectivity index (χ4n) is 2.07. The highest BCUT2D eigenvalue weighted by Gasteiger charge is 2.11. The van der Waals surface area contributed by atoms with Gasteiger partial charge in [-0.25, -0.2) is 4.98 Å². The van der Waals surface area contributed by atoms with E-state index in [9.17, 15) is 4.79 Å². The number of aryl methyl sites for hydroxylation is 1. The molecule has 0 spiro atoms. The summed E-state index contributed by atoms with van der Waals surface area (Å²) in [5.74, 6) is 0.367. The number of pyridine rings is 1. The van der Waals surface area contributed by atoms with Gasteiger partial charge in [0.1, 0.15) is 5.82 Å². The Morgan fingerprint density at radius 3 is 2.90 bits per heavy atom. The SMILES string of the molecule is Cc1nc(NC(=O)c2cccc3cc[nH]c23)ccc1Br. The third-order valence-electron chi connectivity index (χ3n) is 3.09. The molecule has 1 amide bonds. The van der Waals surface area contributed by atoms with E-state index in [1.54, 1.807) is 12.1 Å². The van der Waals surface area contributed by atoms with Crippen LogP contribution in [0.15, 0.2) is 47.1 Å². The quantitative estimate of drug-likeness (QED) is 0.749. The van der Waals surface area contributed by atoms with Gasteiger partial charge < -0.3 is 10.3 Å². The minimum absolute atomic E-state index is 0.174. The molecule has 0 saturated heterocycles. The van der Waals surface area contributed by atoms with Crippen molar-refractivity contribution in [3.8, 4) is 0 Å². The highest BCUT2D eigenvalue weighted by atomic mass is 79.9. The number of hydrogen-bond acceptors (Lipinski definition) is 2. The number of carbonyl (C=O) groups is 1. The van der Waals surface area contributed by atoms with Crippen molar-refractivity contribution < 1.29 is 4.79 Å². The van der Waals surface area contributed by atoms with E-state index in [2.05, 4.69) is 31.2 Å². The molecule has 0 radical (unpaired) electrons. The van der Waals surface area contributed by atoms with Gasteiger partial charge in [-0.2, -0.15) is 0 Å². The van der Waals surface area contributed by atoms with E-state index in [0.717, 1.165) is 21.1 Å². The highest BCUT2D eigenvalue weighted by molar-refractivity contribution is 9.10. The zero-order valence-corrected chi connectivity index (χ0v) is 12.4. The van der Waals surface area contributed by atoms with Gasteiger partial charge in [0.2, 0.25) is 0 Å². The Balaban J connectivity index is 1.93. The van der Waals surface area contributed by atoms with Gasteiger partial charge in [0.15, 0.2) is 0 Å². The highest BCUT2D eigenvalue weighted by Crippen LogP contribution is 2.20. The van der Waals surface area contributed by atoms with E-state index >= 15 is 0 Å². The van der Waals surface area contributed by atoms with Crippen LogP contribution in [-0.2, 0) is 0 Å². The Bertz CT molecular complexity index is 795. The average molecular weight is 330 g/mol. The number of benzene rings is 1. The zero-order valence-electron chi connectivity index (χ0n) is 10.8. The third-order valence-corrected chi connectivity index (χ3v) is 3.93. The first-order valence-corrected chi connectivity index (χ1v) is 6.95. The van der Waals surface area contributed by atoms with E-state index in [-0.39, 0.29) is 5.91 Å².